The van der Waals surface area contributed by atoms with Crippen molar-refractivity contribution in [3.63, 3.8) is 0 Å². The second-order valence-electron chi connectivity index (χ2n) is 4.76. The van der Waals surface area contributed by atoms with E-state index in [9.17, 15) is 9.90 Å². The third kappa shape index (κ3) is 3.34. The fourth-order valence-electron chi connectivity index (χ4n) is 1.71. The van der Waals surface area contributed by atoms with Gasteiger partial charge in [0.15, 0.2) is 5.69 Å². The Morgan fingerprint density at radius 1 is 1.33 bits per heavy atom. The summed E-state index contributed by atoms with van der Waals surface area (Å²) in [6.07, 6.45) is 1.46. The van der Waals surface area contributed by atoms with Gasteiger partial charge in [0.05, 0.1) is 23.5 Å². The van der Waals surface area contributed by atoms with E-state index in [0.717, 1.165) is 0 Å². The van der Waals surface area contributed by atoms with Gasteiger partial charge in [0, 0.05) is 11.6 Å². The quantitative estimate of drug-likeness (QED) is 0.894. The average molecular weight is 282 g/mol. The summed E-state index contributed by atoms with van der Waals surface area (Å²) in [4.78, 5) is 19.6. The van der Waals surface area contributed by atoms with Crippen LogP contribution in [0.5, 0.6) is 0 Å². The number of hydrogen-bond acceptors (Lipinski definition) is 5. The topological polar surface area (TPSA) is 98.9 Å². The summed E-state index contributed by atoms with van der Waals surface area (Å²) < 4.78 is 0. The average Bonchev–Trinajstić information content (AvgIpc) is 2.48. The van der Waals surface area contributed by atoms with Crippen LogP contribution >= 0.6 is 0 Å². The number of aromatic carboxylic acids is 1. The van der Waals surface area contributed by atoms with Crippen LogP contribution in [0, 0.1) is 11.3 Å². The highest BCUT2D eigenvalue weighted by molar-refractivity contribution is 5.92. The van der Waals surface area contributed by atoms with E-state index in [1.807, 2.05) is 19.9 Å². The van der Waals surface area contributed by atoms with E-state index >= 15 is 0 Å². The summed E-state index contributed by atoms with van der Waals surface area (Å²) in [6.45, 7) is 3.80. The molecule has 1 aromatic heterocycles. The van der Waals surface area contributed by atoms with Crippen molar-refractivity contribution in [1.82, 2.24) is 9.97 Å². The normalized spacial score (nSPS) is 10.2. The molecule has 0 spiro atoms. The smallest absolute Gasteiger partial charge is 0.356 e. The number of rotatable bonds is 4. The number of carbonyl (C=O) groups is 1. The molecule has 6 heteroatoms. The fraction of sp³-hybridized carbons (Fsp3) is 0.200. The van der Waals surface area contributed by atoms with Crippen LogP contribution in [0.15, 0.2) is 30.5 Å². The molecule has 0 radical (unpaired) electrons. The molecule has 0 unspecified atom stereocenters. The molecule has 2 rings (SSSR count). The molecular formula is C15H14N4O2. The third-order valence-corrected chi connectivity index (χ3v) is 2.82. The first-order valence-electron chi connectivity index (χ1n) is 6.38. The van der Waals surface area contributed by atoms with Crippen molar-refractivity contribution in [1.29, 1.82) is 5.26 Å². The van der Waals surface area contributed by atoms with Crippen LogP contribution in [0.2, 0.25) is 0 Å². The third-order valence-electron chi connectivity index (χ3n) is 2.82. The summed E-state index contributed by atoms with van der Waals surface area (Å²) >= 11 is 0. The van der Waals surface area contributed by atoms with Gasteiger partial charge < -0.3 is 10.4 Å². The predicted molar refractivity (Wildman–Crippen MR) is 77.5 cm³/mol. The van der Waals surface area contributed by atoms with Crippen molar-refractivity contribution in [3.05, 3.63) is 47.5 Å². The first-order chi connectivity index (χ1) is 10.0. The molecule has 0 aliphatic rings. The van der Waals surface area contributed by atoms with Crippen LogP contribution in [-0.4, -0.2) is 21.0 Å². The predicted octanol–water partition coefficient (Wildman–Crippen LogP) is 2.91. The Kier molecular flexibility index (Phi) is 4.14. The van der Waals surface area contributed by atoms with Crippen molar-refractivity contribution in [2.24, 2.45) is 0 Å². The monoisotopic (exact) mass is 282 g/mol. The summed E-state index contributed by atoms with van der Waals surface area (Å²) in [5.74, 6) is -0.583. The van der Waals surface area contributed by atoms with Crippen molar-refractivity contribution in [2.45, 2.75) is 19.8 Å². The molecule has 106 valence electrons. The Morgan fingerprint density at radius 2 is 2.00 bits per heavy atom. The van der Waals surface area contributed by atoms with Gasteiger partial charge in [0.1, 0.15) is 5.82 Å². The number of nitriles is 1. The summed E-state index contributed by atoms with van der Waals surface area (Å²) in [5, 5.41) is 21.0. The van der Waals surface area contributed by atoms with Crippen molar-refractivity contribution < 1.29 is 9.90 Å². The van der Waals surface area contributed by atoms with Crippen LogP contribution < -0.4 is 5.32 Å². The number of aromatic nitrogens is 2. The summed E-state index contributed by atoms with van der Waals surface area (Å²) in [6, 6.07) is 8.70. The van der Waals surface area contributed by atoms with E-state index in [4.69, 9.17) is 5.26 Å². The lowest BCUT2D eigenvalue weighted by atomic mass is 10.2. The zero-order chi connectivity index (χ0) is 15.4. The van der Waals surface area contributed by atoms with E-state index in [-0.39, 0.29) is 11.6 Å². The highest BCUT2D eigenvalue weighted by atomic mass is 16.4. The first kappa shape index (κ1) is 14.5. The van der Waals surface area contributed by atoms with Gasteiger partial charge in [-0.15, -0.1) is 0 Å². The molecule has 6 nitrogen and oxygen atoms in total. The SMILES string of the molecule is CC(C)c1ncc(Nc2ccc(C#N)cc2)c(C(=O)O)n1. The number of carboxylic acids is 1. The van der Waals surface area contributed by atoms with Gasteiger partial charge in [-0.1, -0.05) is 13.8 Å². The van der Waals surface area contributed by atoms with Crippen LogP contribution in [-0.2, 0) is 0 Å². The van der Waals surface area contributed by atoms with Crippen LogP contribution in [0.4, 0.5) is 11.4 Å². The number of anilines is 2. The molecule has 0 amide bonds. The Hall–Kier alpha value is -2.94. The molecule has 1 aromatic carbocycles. The second-order valence-corrected chi connectivity index (χ2v) is 4.76. The number of hydrogen-bond donors (Lipinski definition) is 2. The summed E-state index contributed by atoms with van der Waals surface area (Å²) in [5.41, 5.74) is 1.44. The Bertz CT molecular complexity index is 703. The zero-order valence-corrected chi connectivity index (χ0v) is 11.7. The van der Waals surface area contributed by atoms with Crippen LogP contribution in [0.3, 0.4) is 0 Å². The molecule has 0 atom stereocenters. The van der Waals surface area contributed by atoms with E-state index in [1.54, 1.807) is 24.3 Å². The molecule has 0 saturated heterocycles. The van der Waals surface area contributed by atoms with E-state index in [1.165, 1.54) is 6.20 Å². The molecule has 0 bridgehead atoms. The van der Waals surface area contributed by atoms with Crippen molar-refractivity contribution >= 4 is 17.3 Å². The van der Waals surface area contributed by atoms with Crippen molar-refractivity contribution in [2.75, 3.05) is 5.32 Å². The number of benzene rings is 1. The van der Waals surface area contributed by atoms with Gasteiger partial charge in [-0.25, -0.2) is 14.8 Å². The first-order valence-corrected chi connectivity index (χ1v) is 6.38. The lowest BCUT2D eigenvalue weighted by Gasteiger charge is -2.11. The highest BCUT2D eigenvalue weighted by Crippen LogP contribution is 2.21. The molecule has 21 heavy (non-hydrogen) atoms. The van der Waals surface area contributed by atoms with Gasteiger partial charge in [0.25, 0.3) is 0 Å². The van der Waals surface area contributed by atoms with Gasteiger partial charge >= 0.3 is 5.97 Å². The van der Waals surface area contributed by atoms with Gasteiger partial charge in [-0.3, -0.25) is 0 Å². The molecular weight excluding hydrogens is 268 g/mol. The minimum absolute atomic E-state index is 0.0482. The Morgan fingerprint density at radius 3 is 2.52 bits per heavy atom. The number of nitrogens with zero attached hydrogens (tertiary/aromatic N) is 3. The standard InChI is InChI=1S/C15H14N4O2/c1-9(2)14-17-8-12(13(19-14)15(20)21)18-11-5-3-10(7-16)4-6-11/h3-6,8-9,18H,1-2H3,(H,20,21). The molecule has 2 N–H and O–H groups in total. The van der Waals surface area contributed by atoms with E-state index in [2.05, 4.69) is 15.3 Å². The maximum Gasteiger partial charge on any atom is 0.356 e. The maximum absolute atomic E-state index is 11.3. The summed E-state index contributed by atoms with van der Waals surface area (Å²) in [7, 11) is 0. The minimum atomic E-state index is -1.12. The van der Waals surface area contributed by atoms with E-state index < -0.39 is 5.97 Å². The maximum atomic E-state index is 11.3. The Labute approximate surface area is 122 Å². The lowest BCUT2D eigenvalue weighted by Crippen LogP contribution is -2.10. The molecule has 0 fully saturated rings. The lowest BCUT2D eigenvalue weighted by molar-refractivity contribution is 0.0691. The van der Waals surface area contributed by atoms with Gasteiger partial charge in [-0.05, 0) is 24.3 Å². The molecule has 2 aromatic rings. The highest BCUT2D eigenvalue weighted by Gasteiger charge is 2.15. The number of nitrogens with one attached hydrogen (secondary N) is 1. The largest absolute Gasteiger partial charge is 0.476 e. The molecule has 0 aliphatic carbocycles. The van der Waals surface area contributed by atoms with Crippen LogP contribution in [0.25, 0.3) is 0 Å². The fourth-order valence-corrected chi connectivity index (χ4v) is 1.71. The molecule has 0 saturated carbocycles. The second kappa shape index (κ2) is 6.01. The van der Waals surface area contributed by atoms with Gasteiger partial charge in [-0.2, -0.15) is 5.26 Å². The van der Waals surface area contributed by atoms with Crippen molar-refractivity contribution in [3.8, 4) is 6.07 Å². The number of carboxylic acid groups (broad SMARTS) is 1. The minimum Gasteiger partial charge on any atom is -0.476 e. The molecule has 1 heterocycles. The van der Waals surface area contributed by atoms with Gasteiger partial charge in [0.2, 0.25) is 0 Å². The Balaban J connectivity index is 2.34. The van der Waals surface area contributed by atoms with E-state index in [0.29, 0.717) is 22.8 Å². The van der Waals surface area contributed by atoms with Crippen LogP contribution in [0.1, 0.15) is 41.6 Å². The zero-order valence-electron chi connectivity index (χ0n) is 11.7. The molecule has 0 aliphatic heterocycles.